The molecule has 14 heavy (non-hydrogen) atoms. The minimum absolute atomic E-state index is 0.505. The Balaban J connectivity index is 3.17. The Morgan fingerprint density at radius 2 is 1.64 bits per heavy atom. The first-order chi connectivity index (χ1) is 6.45. The average molecular weight is 193 g/mol. The Bertz CT molecular complexity index is 331. The zero-order valence-electron chi connectivity index (χ0n) is 9.63. The van der Waals surface area contributed by atoms with Gasteiger partial charge in [0.05, 0.1) is 0 Å². The summed E-state index contributed by atoms with van der Waals surface area (Å²) in [6, 6.07) is 4.06. The lowest BCUT2D eigenvalue weighted by atomic mass is 9.98. The molecule has 2 heteroatoms. The monoisotopic (exact) mass is 193 g/mol. The van der Waals surface area contributed by atoms with Crippen molar-refractivity contribution >= 4 is 0 Å². The van der Waals surface area contributed by atoms with Crippen molar-refractivity contribution in [2.45, 2.75) is 27.0 Å². The number of benzene rings is 1. The zero-order chi connectivity index (χ0) is 10.9. The van der Waals surface area contributed by atoms with E-state index >= 15 is 0 Å². The summed E-state index contributed by atoms with van der Waals surface area (Å²) < 4.78 is 0. The number of aliphatic hydroxyl groups is 1. The van der Waals surface area contributed by atoms with Crippen LogP contribution in [0.1, 0.15) is 28.5 Å². The molecule has 0 spiro atoms. The third kappa shape index (κ3) is 1.97. The van der Waals surface area contributed by atoms with E-state index in [4.69, 9.17) is 0 Å². The molecule has 0 aliphatic rings. The van der Waals surface area contributed by atoms with Gasteiger partial charge in [-0.05, 0) is 57.1 Å². The Hall–Kier alpha value is -0.860. The second-order valence-corrected chi connectivity index (χ2v) is 4.06. The highest BCUT2D eigenvalue weighted by Gasteiger charge is 2.13. The minimum Gasteiger partial charge on any atom is -0.374 e. The van der Waals surface area contributed by atoms with Crippen LogP contribution < -0.4 is 0 Å². The smallest absolute Gasteiger partial charge is 0.133 e. The highest BCUT2D eigenvalue weighted by Crippen LogP contribution is 2.23. The summed E-state index contributed by atoms with van der Waals surface area (Å²) >= 11 is 0. The summed E-state index contributed by atoms with van der Waals surface area (Å²) in [5, 5.41) is 9.92. The first-order valence-corrected chi connectivity index (χ1v) is 4.86. The molecule has 0 bridgehead atoms. The fourth-order valence-electron chi connectivity index (χ4n) is 1.53. The topological polar surface area (TPSA) is 23.5 Å². The van der Waals surface area contributed by atoms with Crippen LogP contribution in [0.2, 0.25) is 0 Å². The van der Waals surface area contributed by atoms with E-state index in [1.54, 1.807) is 4.90 Å². The molecule has 78 valence electrons. The molecule has 1 rings (SSSR count). The van der Waals surface area contributed by atoms with Crippen molar-refractivity contribution in [3.05, 3.63) is 34.4 Å². The standard InChI is InChI=1S/C12H19NO/c1-8-6-7-11(10(3)9(8)2)12(14)13(4)5/h6-7,12,14H,1-5H3. The zero-order valence-corrected chi connectivity index (χ0v) is 9.63. The molecule has 0 saturated heterocycles. The van der Waals surface area contributed by atoms with E-state index in [-0.39, 0.29) is 0 Å². The van der Waals surface area contributed by atoms with Crippen LogP contribution >= 0.6 is 0 Å². The normalized spacial score (nSPS) is 13.4. The minimum atomic E-state index is -0.505. The first-order valence-electron chi connectivity index (χ1n) is 4.86. The van der Waals surface area contributed by atoms with Crippen molar-refractivity contribution in [1.82, 2.24) is 4.90 Å². The van der Waals surface area contributed by atoms with E-state index in [0.717, 1.165) is 5.56 Å². The van der Waals surface area contributed by atoms with E-state index in [1.807, 2.05) is 20.2 Å². The van der Waals surface area contributed by atoms with Gasteiger partial charge in [0.15, 0.2) is 0 Å². The lowest BCUT2D eigenvalue weighted by Crippen LogP contribution is -2.20. The Morgan fingerprint density at radius 1 is 1.07 bits per heavy atom. The van der Waals surface area contributed by atoms with E-state index in [2.05, 4.69) is 26.8 Å². The van der Waals surface area contributed by atoms with Crippen molar-refractivity contribution in [1.29, 1.82) is 0 Å². The molecule has 1 unspecified atom stereocenters. The predicted molar refractivity (Wildman–Crippen MR) is 59.3 cm³/mol. The van der Waals surface area contributed by atoms with Gasteiger partial charge in [0, 0.05) is 0 Å². The molecule has 0 heterocycles. The third-order valence-electron chi connectivity index (χ3n) is 2.87. The van der Waals surface area contributed by atoms with E-state index < -0.39 is 6.23 Å². The van der Waals surface area contributed by atoms with Gasteiger partial charge in [-0.1, -0.05) is 12.1 Å². The van der Waals surface area contributed by atoms with Crippen LogP contribution in [0.5, 0.6) is 0 Å². The van der Waals surface area contributed by atoms with Crippen molar-refractivity contribution in [3.8, 4) is 0 Å². The molecule has 1 atom stereocenters. The van der Waals surface area contributed by atoms with Gasteiger partial charge < -0.3 is 5.11 Å². The summed E-state index contributed by atoms with van der Waals surface area (Å²) in [6.07, 6.45) is -0.505. The Labute approximate surface area is 86.2 Å². The second kappa shape index (κ2) is 4.11. The maximum absolute atomic E-state index is 9.92. The summed E-state index contributed by atoms with van der Waals surface area (Å²) in [6.45, 7) is 6.25. The molecular weight excluding hydrogens is 174 g/mol. The second-order valence-electron chi connectivity index (χ2n) is 4.06. The molecule has 1 N–H and O–H groups in total. The number of aryl methyl sites for hydroxylation is 1. The number of rotatable bonds is 2. The van der Waals surface area contributed by atoms with Crippen LogP contribution in [0.25, 0.3) is 0 Å². The lowest BCUT2D eigenvalue weighted by molar-refractivity contribution is 0.0389. The van der Waals surface area contributed by atoms with E-state index in [1.165, 1.54) is 16.7 Å². The van der Waals surface area contributed by atoms with Gasteiger partial charge >= 0.3 is 0 Å². The van der Waals surface area contributed by atoms with Gasteiger partial charge in [0.1, 0.15) is 6.23 Å². The molecule has 2 nitrogen and oxygen atoms in total. The molecule has 0 aromatic heterocycles. The molecule has 1 aromatic rings. The van der Waals surface area contributed by atoms with Crippen LogP contribution in [0.15, 0.2) is 12.1 Å². The van der Waals surface area contributed by atoms with E-state index in [9.17, 15) is 5.11 Å². The molecule has 0 radical (unpaired) electrons. The van der Waals surface area contributed by atoms with Crippen molar-refractivity contribution in [2.24, 2.45) is 0 Å². The van der Waals surface area contributed by atoms with Gasteiger partial charge in [-0.25, -0.2) is 0 Å². The SMILES string of the molecule is Cc1ccc(C(O)N(C)C)c(C)c1C. The van der Waals surface area contributed by atoms with Gasteiger partial charge in [0.25, 0.3) is 0 Å². The fraction of sp³-hybridized carbons (Fsp3) is 0.500. The van der Waals surface area contributed by atoms with Crippen LogP contribution in [0.3, 0.4) is 0 Å². The van der Waals surface area contributed by atoms with Gasteiger partial charge in [-0.2, -0.15) is 0 Å². The average Bonchev–Trinajstić information content (AvgIpc) is 2.13. The summed E-state index contributed by atoms with van der Waals surface area (Å²) in [5.74, 6) is 0. The highest BCUT2D eigenvalue weighted by atomic mass is 16.3. The summed E-state index contributed by atoms with van der Waals surface area (Å²) in [5.41, 5.74) is 4.73. The molecule has 1 aromatic carbocycles. The molecule has 0 amide bonds. The first kappa shape index (κ1) is 11.2. The highest BCUT2D eigenvalue weighted by molar-refractivity contribution is 5.39. The van der Waals surface area contributed by atoms with Crippen LogP contribution in [0.4, 0.5) is 0 Å². The van der Waals surface area contributed by atoms with Crippen molar-refractivity contribution in [3.63, 3.8) is 0 Å². The summed E-state index contributed by atoms with van der Waals surface area (Å²) in [4.78, 5) is 1.80. The molecule has 0 aliphatic carbocycles. The number of hydrogen-bond acceptors (Lipinski definition) is 2. The molecule has 0 saturated carbocycles. The van der Waals surface area contributed by atoms with Crippen molar-refractivity contribution < 1.29 is 5.11 Å². The maximum atomic E-state index is 9.92. The molecule has 0 aliphatic heterocycles. The van der Waals surface area contributed by atoms with Crippen LogP contribution in [-0.2, 0) is 0 Å². The molecule has 0 fully saturated rings. The van der Waals surface area contributed by atoms with Gasteiger partial charge in [-0.3, -0.25) is 4.90 Å². The van der Waals surface area contributed by atoms with Gasteiger partial charge in [-0.15, -0.1) is 0 Å². The maximum Gasteiger partial charge on any atom is 0.133 e. The predicted octanol–water partition coefficient (Wildman–Crippen LogP) is 2.16. The largest absolute Gasteiger partial charge is 0.374 e. The Kier molecular flexibility index (Phi) is 3.29. The van der Waals surface area contributed by atoms with Crippen LogP contribution in [0, 0.1) is 20.8 Å². The number of aliphatic hydroxyl groups excluding tert-OH is 1. The number of nitrogens with zero attached hydrogens (tertiary/aromatic N) is 1. The quantitative estimate of drug-likeness (QED) is 0.728. The Morgan fingerprint density at radius 3 is 2.14 bits per heavy atom. The van der Waals surface area contributed by atoms with Crippen LogP contribution in [-0.4, -0.2) is 24.1 Å². The van der Waals surface area contributed by atoms with Gasteiger partial charge in [0.2, 0.25) is 0 Å². The fourth-order valence-corrected chi connectivity index (χ4v) is 1.53. The lowest BCUT2D eigenvalue weighted by Gasteiger charge is -2.22. The van der Waals surface area contributed by atoms with E-state index in [0.29, 0.717) is 0 Å². The number of hydrogen-bond donors (Lipinski definition) is 1. The van der Waals surface area contributed by atoms with Crippen molar-refractivity contribution in [2.75, 3.05) is 14.1 Å². The molecular formula is C12H19NO. The summed E-state index contributed by atoms with van der Waals surface area (Å²) in [7, 11) is 3.75. The third-order valence-corrected chi connectivity index (χ3v) is 2.87.